The number of aryl methyl sites for hydroxylation is 1. The first kappa shape index (κ1) is 12.6. The summed E-state index contributed by atoms with van der Waals surface area (Å²) in [6, 6.07) is 6.14. The summed E-state index contributed by atoms with van der Waals surface area (Å²) >= 11 is 0. The fourth-order valence-corrected chi connectivity index (χ4v) is 1.96. The molecule has 1 aromatic carbocycles. The molecule has 1 heterocycles. The van der Waals surface area contributed by atoms with Gasteiger partial charge in [0.15, 0.2) is 0 Å². The number of ether oxygens (including phenoxy) is 1. The van der Waals surface area contributed by atoms with Crippen molar-refractivity contribution in [3.05, 3.63) is 47.0 Å². The fourth-order valence-electron chi connectivity index (χ4n) is 1.96. The average Bonchev–Trinajstić information content (AvgIpc) is 2.70. The fraction of sp³-hybridized carbons (Fsp3) is 0.357. The van der Waals surface area contributed by atoms with Crippen molar-refractivity contribution >= 4 is 0 Å². The molecule has 0 atom stereocenters. The summed E-state index contributed by atoms with van der Waals surface area (Å²) < 4.78 is 7.48. The van der Waals surface area contributed by atoms with Crippen LogP contribution >= 0.6 is 0 Å². The predicted molar refractivity (Wildman–Crippen MR) is 71.7 cm³/mol. The van der Waals surface area contributed by atoms with Gasteiger partial charge in [0.25, 0.3) is 0 Å². The lowest BCUT2D eigenvalue weighted by atomic mass is 10.1. The Morgan fingerprint density at radius 2 is 2.11 bits per heavy atom. The molecule has 2 aromatic rings. The molecule has 96 valence electrons. The Hall–Kier alpha value is -1.81. The van der Waals surface area contributed by atoms with E-state index in [0.717, 1.165) is 23.6 Å². The van der Waals surface area contributed by atoms with Gasteiger partial charge in [-0.3, -0.25) is 0 Å². The second kappa shape index (κ2) is 5.23. The van der Waals surface area contributed by atoms with Gasteiger partial charge < -0.3 is 15.0 Å². The Balaban J connectivity index is 2.27. The first-order valence-electron chi connectivity index (χ1n) is 6.00. The van der Waals surface area contributed by atoms with Crippen molar-refractivity contribution < 1.29 is 4.74 Å². The molecule has 0 fully saturated rings. The Kier molecular flexibility index (Phi) is 3.67. The van der Waals surface area contributed by atoms with Gasteiger partial charge in [-0.1, -0.05) is 12.1 Å². The first-order chi connectivity index (χ1) is 8.65. The summed E-state index contributed by atoms with van der Waals surface area (Å²) in [5, 5.41) is 0. The second-order valence-electron chi connectivity index (χ2n) is 4.39. The quantitative estimate of drug-likeness (QED) is 0.896. The first-order valence-corrected chi connectivity index (χ1v) is 6.00. The highest BCUT2D eigenvalue weighted by atomic mass is 16.5. The van der Waals surface area contributed by atoms with E-state index in [4.69, 9.17) is 10.5 Å². The van der Waals surface area contributed by atoms with Crippen LogP contribution in [-0.4, -0.2) is 16.7 Å². The van der Waals surface area contributed by atoms with Gasteiger partial charge in [-0.25, -0.2) is 4.98 Å². The number of rotatable bonds is 4. The summed E-state index contributed by atoms with van der Waals surface area (Å²) in [5.74, 6) is 0.851. The van der Waals surface area contributed by atoms with E-state index in [-0.39, 0.29) is 0 Å². The lowest BCUT2D eigenvalue weighted by Crippen LogP contribution is -2.04. The predicted octanol–water partition coefficient (Wildman–Crippen LogP) is 2.02. The number of methoxy groups -OCH3 is 1. The Labute approximate surface area is 107 Å². The van der Waals surface area contributed by atoms with Crippen molar-refractivity contribution in [2.75, 3.05) is 7.11 Å². The summed E-state index contributed by atoms with van der Waals surface area (Å²) in [6.45, 7) is 5.39. The maximum Gasteiger partial charge on any atom is 0.123 e. The van der Waals surface area contributed by atoms with Gasteiger partial charge in [-0.05, 0) is 25.5 Å². The minimum Gasteiger partial charge on any atom is -0.496 e. The topological polar surface area (TPSA) is 53.1 Å². The molecule has 0 radical (unpaired) electrons. The smallest absolute Gasteiger partial charge is 0.123 e. The van der Waals surface area contributed by atoms with Crippen molar-refractivity contribution in [3.63, 3.8) is 0 Å². The lowest BCUT2D eigenvalue weighted by molar-refractivity contribution is 0.409. The van der Waals surface area contributed by atoms with Crippen LogP contribution in [0.1, 0.15) is 22.5 Å². The van der Waals surface area contributed by atoms with Gasteiger partial charge in [-0.15, -0.1) is 0 Å². The minimum absolute atomic E-state index is 0.493. The summed E-state index contributed by atoms with van der Waals surface area (Å²) in [7, 11) is 1.67. The minimum atomic E-state index is 0.493. The van der Waals surface area contributed by atoms with Gasteiger partial charge in [0.1, 0.15) is 5.75 Å². The standard InChI is InChI=1S/C14H19N3O/c1-10-11(2)17(9-16-10)8-12-4-5-13(7-15)14(6-12)18-3/h4-6,9H,7-8,15H2,1-3H3. The zero-order valence-electron chi connectivity index (χ0n) is 11.1. The van der Waals surface area contributed by atoms with Crippen molar-refractivity contribution in [2.24, 2.45) is 5.73 Å². The molecule has 0 bridgehead atoms. The zero-order chi connectivity index (χ0) is 13.1. The van der Waals surface area contributed by atoms with Gasteiger partial charge in [0.05, 0.1) is 19.1 Å². The van der Waals surface area contributed by atoms with Crippen LogP contribution in [0.2, 0.25) is 0 Å². The van der Waals surface area contributed by atoms with Crippen LogP contribution in [0.25, 0.3) is 0 Å². The molecule has 18 heavy (non-hydrogen) atoms. The molecule has 4 nitrogen and oxygen atoms in total. The number of nitrogens with two attached hydrogens (primary N) is 1. The van der Waals surface area contributed by atoms with E-state index < -0.39 is 0 Å². The van der Waals surface area contributed by atoms with Gasteiger partial charge in [0, 0.05) is 24.3 Å². The third-order valence-corrected chi connectivity index (χ3v) is 3.27. The van der Waals surface area contributed by atoms with E-state index in [1.54, 1.807) is 7.11 Å². The van der Waals surface area contributed by atoms with Crippen molar-refractivity contribution in [1.82, 2.24) is 9.55 Å². The van der Waals surface area contributed by atoms with Crippen LogP contribution in [0.4, 0.5) is 0 Å². The number of benzene rings is 1. The highest BCUT2D eigenvalue weighted by Gasteiger charge is 2.06. The number of aromatic nitrogens is 2. The average molecular weight is 245 g/mol. The summed E-state index contributed by atoms with van der Waals surface area (Å²) in [5.41, 5.74) is 10.1. The van der Waals surface area contributed by atoms with E-state index in [1.165, 1.54) is 11.3 Å². The molecule has 2 N–H and O–H groups in total. The molecule has 0 saturated heterocycles. The van der Waals surface area contributed by atoms with Crippen LogP contribution in [0.15, 0.2) is 24.5 Å². The number of hydrogen-bond acceptors (Lipinski definition) is 3. The molecule has 0 aliphatic rings. The van der Waals surface area contributed by atoms with Gasteiger partial charge in [0.2, 0.25) is 0 Å². The molecule has 0 aliphatic heterocycles. The van der Waals surface area contributed by atoms with E-state index in [0.29, 0.717) is 6.54 Å². The molecule has 1 aromatic heterocycles. The Bertz CT molecular complexity index is 546. The molecule has 0 aliphatic carbocycles. The molecule has 0 saturated carbocycles. The van der Waals surface area contributed by atoms with E-state index in [2.05, 4.69) is 22.5 Å². The van der Waals surface area contributed by atoms with Crippen LogP contribution in [0.5, 0.6) is 5.75 Å². The molecule has 2 rings (SSSR count). The maximum absolute atomic E-state index is 5.66. The summed E-state index contributed by atoms with van der Waals surface area (Å²) in [4.78, 5) is 4.30. The number of hydrogen-bond donors (Lipinski definition) is 1. The third kappa shape index (κ3) is 2.38. The molecular weight excluding hydrogens is 226 g/mol. The molecular formula is C14H19N3O. The SMILES string of the molecule is COc1cc(Cn2cnc(C)c2C)ccc1CN. The van der Waals surface area contributed by atoms with Crippen LogP contribution in [-0.2, 0) is 13.1 Å². The summed E-state index contributed by atoms with van der Waals surface area (Å²) in [6.07, 6.45) is 1.87. The molecule has 0 spiro atoms. The van der Waals surface area contributed by atoms with E-state index >= 15 is 0 Å². The Morgan fingerprint density at radius 1 is 1.33 bits per heavy atom. The van der Waals surface area contributed by atoms with Crippen molar-refractivity contribution in [2.45, 2.75) is 26.9 Å². The maximum atomic E-state index is 5.66. The van der Waals surface area contributed by atoms with Gasteiger partial charge in [-0.2, -0.15) is 0 Å². The molecule has 0 amide bonds. The lowest BCUT2D eigenvalue weighted by Gasteiger charge is -2.10. The highest BCUT2D eigenvalue weighted by Crippen LogP contribution is 2.20. The molecule has 4 heteroatoms. The van der Waals surface area contributed by atoms with E-state index in [1.807, 2.05) is 25.4 Å². The van der Waals surface area contributed by atoms with Crippen molar-refractivity contribution in [1.29, 1.82) is 0 Å². The Morgan fingerprint density at radius 3 is 2.67 bits per heavy atom. The van der Waals surface area contributed by atoms with Crippen LogP contribution in [0.3, 0.4) is 0 Å². The normalized spacial score (nSPS) is 10.7. The van der Waals surface area contributed by atoms with Crippen LogP contribution in [0, 0.1) is 13.8 Å². The second-order valence-corrected chi connectivity index (χ2v) is 4.39. The van der Waals surface area contributed by atoms with Crippen LogP contribution < -0.4 is 10.5 Å². The highest BCUT2D eigenvalue weighted by molar-refractivity contribution is 5.37. The van der Waals surface area contributed by atoms with Gasteiger partial charge >= 0.3 is 0 Å². The molecule has 0 unspecified atom stereocenters. The third-order valence-electron chi connectivity index (χ3n) is 3.27. The largest absolute Gasteiger partial charge is 0.496 e. The number of imidazole rings is 1. The number of nitrogens with zero attached hydrogens (tertiary/aromatic N) is 2. The monoisotopic (exact) mass is 245 g/mol. The van der Waals surface area contributed by atoms with E-state index in [9.17, 15) is 0 Å². The van der Waals surface area contributed by atoms with Crippen molar-refractivity contribution in [3.8, 4) is 5.75 Å². The zero-order valence-corrected chi connectivity index (χ0v) is 11.1.